The smallest absolute Gasteiger partial charge is 0.246 e. The average molecular weight is 288 g/mol. The Balaban J connectivity index is 1.91. The molecule has 1 saturated heterocycles. The Hall–Kier alpha value is -2.04. The molecule has 2 amide bonds. The molecule has 0 spiro atoms. The number of hydrogen-bond donors (Lipinski definition) is 1. The van der Waals surface area contributed by atoms with Crippen molar-refractivity contribution in [3.8, 4) is 5.75 Å². The minimum absolute atomic E-state index is 0.0128. The van der Waals surface area contributed by atoms with Crippen LogP contribution in [0.3, 0.4) is 0 Å². The van der Waals surface area contributed by atoms with Gasteiger partial charge in [0, 0.05) is 18.5 Å². The molecule has 0 radical (unpaired) electrons. The quantitative estimate of drug-likeness (QED) is 0.897. The average Bonchev–Trinajstić information content (AvgIpc) is 2.82. The number of para-hydroxylation sites is 1. The molecule has 2 aliphatic rings. The van der Waals surface area contributed by atoms with Gasteiger partial charge in [-0.05, 0) is 12.0 Å². The van der Waals surface area contributed by atoms with Crippen molar-refractivity contribution in [3.63, 3.8) is 0 Å². The maximum atomic E-state index is 12.8. The van der Waals surface area contributed by atoms with Crippen LogP contribution in [0.5, 0.6) is 5.75 Å². The van der Waals surface area contributed by atoms with Crippen molar-refractivity contribution < 1.29 is 14.3 Å². The van der Waals surface area contributed by atoms with E-state index in [1.807, 2.05) is 38.1 Å². The summed E-state index contributed by atoms with van der Waals surface area (Å²) in [5, 5.41) is 2.83. The van der Waals surface area contributed by atoms with Crippen LogP contribution in [0, 0.1) is 5.92 Å². The number of amides is 2. The zero-order valence-corrected chi connectivity index (χ0v) is 12.3. The number of fused-ring (bicyclic) bond motifs is 1. The summed E-state index contributed by atoms with van der Waals surface area (Å²) in [5.74, 6) is 0.831. The molecule has 2 atom stereocenters. The van der Waals surface area contributed by atoms with Gasteiger partial charge in [-0.3, -0.25) is 9.59 Å². The number of ether oxygens (including phenoxy) is 1. The second-order valence-electron chi connectivity index (χ2n) is 5.94. The van der Waals surface area contributed by atoms with Gasteiger partial charge in [0.2, 0.25) is 11.8 Å². The molecule has 0 saturated carbocycles. The second kappa shape index (κ2) is 5.39. The van der Waals surface area contributed by atoms with Gasteiger partial charge in [-0.2, -0.15) is 0 Å². The number of carbonyl (C=O) groups excluding carboxylic acids is 2. The molecule has 3 rings (SSSR count). The van der Waals surface area contributed by atoms with Crippen molar-refractivity contribution in [2.45, 2.75) is 32.4 Å². The number of hydrogen-bond acceptors (Lipinski definition) is 3. The van der Waals surface area contributed by atoms with Crippen molar-refractivity contribution in [3.05, 3.63) is 29.8 Å². The Morgan fingerprint density at radius 1 is 1.29 bits per heavy atom. The van der Waals surface area contributed by atoms with E-state index in [0.29, 0.717) is 19.6 Å². The largest absolute Gasteiger partial charge is 0.491 e. The topological polar surface area (TPSA) is 58.6 Å². The maximum absolute atomic E-state index is 12.8. The molecule has 1 aromatic rings. The third-order valence-electron chi connectivity index (χ3n) is 4.16. The lowest BCUT2D eigenvalue weighted by molar-refractivity contribution is -0.137. The first kappa shape index (κ1) is 13.9. The first-order valence-electron chi connectivity index (χ1n) is 7.39. The second-order valence-corrected chi connectivity index (χ2v) is 5.94. The lowest BCUT2D eigenvalue weighted by Crippen LogP contribution is -2.48. The Kier molecular flexibility index (Phi) is 3.57. The molecule has 0 aromatic heterocycles. The van der Waals surface area contributed by atoms with Gasteiger partial charge in [0.1, 0.15) is 18.4 Å². The highest BCUT2D eigenvalue weighted by Gasteiger charge is 2.38. The van der Waals surface area contributed by atoms with Crippen LogP contribution < -0.4 is 10.1 Å². The molecular weight excluding hydrogens is 268 g/mol. The molecular formula is C16H20N2O3. The van der Waals surface area contributed by atoms with E-state index in [0.717, 1.165) is 11.3 Å². The number of nitrogens with zero attached hydrogens (tertiary/aromatic N) is 1. The molecule has 5 nitrogen and oxygen atoms in total. The third-order valence-corrected chi connectivity index (χ3v) is 4.16. The first-order chi connectivity index (χ1) is 10.1. The van der Waals surface area contributed by atoms with Crippen LogP contribution in [-0.2, 0) is 9.59 Å². The fourth-order valence-electron chi connectivity index (χ4n) is 2.98. The number of rotatable bonds is 2. The first-order valence-corrected chi connectivity index (χ1v) is 7.39. The summed E-state index contributed by atoms with van der Waals surface area (Å²) in [6.07, 6.45) is 0.341. The lowest BCUT2D eigenvalue weighted by atomic mass is 10.0. The van der Waals surface area contributed by atoms with E-state index in [1.54, 1.807) is 4.90 Å². The van der Waals surface area contributed by atoms with E-state index in [2.05, 4.69) is 5.32 Å². The minimum atomic E-state index is -0.451. The molecule has 2 unspecified atom stereocenters. The molecule has 2 heterocycles. The highest BCUT2D eigenvalue weighted by Crippen LogP contribution is 2.36. The molecule has 0 aliphatic carbocycles. The van der Waals surface area contributed by atoms with Crippen molar-refractivity contribution in [2.75, 3.05) is 13.2 Å². The van der Waals surface area contributed by atoms with Crippen molar-refractivity contribution >= 4 is 11.8 Å². The van der Waals surface area contributed by atoms with Gasteiger partial charge in [0.15, 0.2) is 0 Å². The Bertz CT molecular complexity index is 570. The summed E-state index contributed by atoms with van der Waals surface area (Å²) in [7, 11) is 0. The molecule has 1 aromatic carbocycles. The fraction of sp³-hybridized carbons (Fsp3) is 0.500. The molecule has 1 N–H and O–H groups in total. The summed E-state index contributed by atoms with van der Waals surface area (Å²) in [6, 6.07) is 7.24. The van der Waals surface area contributed by atoms with Crippen molar-refractivity contribution in [1.82, 2.24) is 10.2 Å². The molecule has 5 heteroatoms. The highest BCUT2D eigenvalue weighted by molar-refractivity contribution is 5.90. The molecule has 2 aliphatic heterocycles. The van der Waals surface area contributed by atoms with Gasteiger partial charge in [-0.15, -0.1) is 0 Å². The number of benzene rings is 1. The lowest BCUT2D eigenvalue weighted by Gasteiger charge is -2.30. The van der Waals surface area contributed by atoms with Crippen molar-refractivity contribution in [2.24, 2.45) is 5.92 Å². The van der Waals surface area contributed by atoms with E-state index in [1.165, 1.54) is 0 Å². The van der Waals surface area contributed by atoms with Crippen molar-refractivity contribution in [1.29, 1.82) is 0 Å². The zero-order chi connectivity index (χ0) is 15.0. The van der Waals surface area contributed by atoms with Crippen LogP contribution in [0.4, 0.5) is 0 Å². The highest BCUT2D eigenvalue weighted by atomic mass is 16.5. The van der Waals surface area contributed by atoms with E-state index < -0.39 is 6.04 Å². The summed E-state index contributed by atoms with van der Waals surface area (Å²) in [6.45, 7) is 4.80. The summed E-state index contributed by atoms with van der Waals surface area (Å²) in [5.41, 5.74) is 1.03. The van der Waals surface area contributed by atoms with Crippen LogP contribution in [-0.4, -0.2) is 35.9 Å². The van der Waals surface area contributed by atoms with Gasteiger partial charge in [-0.25, -0.2) is 0 Å². The Morgan fingerprint density at radius 2 is 2.05 bits per heavy atom. The summed E-state index contributed by atoms with van der Waals surface area (Å²) < 4.78 is 5.68. The predicted molar refractivity (Wildman–Crippen MR) is 77.8 cm³/mol. The Labute approximate surface area is 124 Å². The van der Waals surface area contributed by atoms with Gasteiger partial charge in [0.05, 0.1) is 6.04 Å². The molecule has 112 valence electrons. The van der Waals surface area contributed by atoms with Gasteiger partial charge in [0.25, 0.3) is 0 Å². The normalized spacial score (nSPS) is 25.4. The monoisotopic (exact) mass is 288 g/mol. The predicted octanol–water partition coefficient (Wildman–Crippen LogP) is 1.49. The third kappa shape index (κ3) is 2.48. The van der Waals surface area contributed by atoms with E-state index in [-0.39, 0.29) is 23.8 Å². The van der Waals surface area contributed by atoms with E-state index in [9.17, 15) is 9.59 Å². The number of nitrogens with one attached hydrogen (secondary N) is 1. The van der Waals surface area contributed by atoms with Crippen LogP contribution in [0.1, 0.15) is 31.9 Å². The van der Waals surface area contributed by atoms with Crippen LogP contribution in [0.25, 0.3) is 0 Å². The van der Waals surface area contributed by atoms with E-state index >= 15 is 0 Å². The summed E-state index contributed by atoms with van der Waals surface area (Å²) in [4.78, 5) is 26.4. The number of carbonyl (C=O) groups is 2. The van der Waals surface area contributed by atoms with Gasteiger partial charge in [-0.1, -0.05) is 32.0 Å². The maximum Gasteiger partial charge on any atom is 0.246 e. The molecule has 0 bridgehead atoms. The van der Waals surface area contributed by atoms with Crippen LogP contribution >= 0.6 is 0 Å². The SMILES string of the molecule is CC(C)C1NC(=O)CCN(C2COc3ccccc32)C1=O. The zero-order valence-electron chi connectivity index (χ0n) is 12.3. The molecule has 21 heavy (non-hydrogen) atoms. The van der Waals surface area contributed by atoms with Crippen LogP contribution in [0.2, 0.25) is 0 Å². The Morgan fingerprint density at radius 3 is 2.81 bits per heavy atom. The van der Waals surface area contributed by atoms with Crippen LogP contribution in [0.15, 0.2) is 24.3 Å². The van der Waals surface area contributed by atoms with Gasteiger partial charge < -0.3 is 15.0 Å². The van der Waals surface area contributed by atoms with Gasteiger partial charge >= 0.3 is 0 Å². The fourth-order valence-corrected chi connectivity index (χ4v) is 2.98. The van der Waals surface area contributed by atoms with E-state index in [4.69, 9.17) is 4.74 Å². The minimum Gasteiger partial charge on any atom is -0.491 e. The standard InChI is InChI=1S/C16H20N2O3/c1-10(2)15-16(20)18(8-7-14(19)17-15)12-9-21-13-6-4-3-5-11(12)13/h3-6,10,12,15H,7-9H2,1-2H3,(H,17,19). The molecule has 1 fully saturated rings. The summed E-state index contributed by atoms with van der Waals surface area (Å²) >= 11 is 0.